The van der Waals surface area contributed by atoms with Gasteiger partial charge in [-0.2, -0.15) is 5.26 Å². The lowest BCUT2D eigenvalue weighted by Crippen LogP contribution is -2.10. The molecule has 0 atom stereocenters. The molecule has 0 amide bonds. The normalized spacial score (nSPS) is 8.14. The minimum atomic E-state index is -0.607. The van der Waals surface area contributed by atoms with Crippen LogP contribution in [-0.4, -0.2) is 25.2 Å². The highest BCUT2D eigenvalue weighted by atomic mass is 16.5. The number of carbonyl (C=O) groups excluding carboxylic acids is 2. The van der Waals surface area contributed by atoms with E-state index in [2.05, 4.69) is 15.4 Å². The number of nitriles is 1. The van der Waals surface area contributed by atoms with E-state index in [1.54, 1.807) is 6.07 Å². The molecule has 14 heavy (non-hydrogen) atoms. The summed E-state index contributed by atoms with van der Waals surface area (Å²) in [7, 11) is 0. The summed E-state index contributed by atoms with van der Waals surface area (Å²) >= 11 is 0. The molecule has 0 bridgehead atoms. The molecule has 0 fully saturated rings. The van der Waals surface area contributed by atoms with Crippen LogP contribution in [0.4, 0.5) is 0 Å². The molecule has 0 aromatic carbocycles. The van der Waals surface area contributed by atoms with Crippen molar-refractivity contribution in [2.75, 3.05) is 13.2 Å². The third kappa shape index (κ3) is 6.68. The zero-order chi connectivity index (χ0) is 10.8. The maximum absolute atomic E-state index is 10.8. The van der Waals surface area contributed by atoms with Gasteiger partial charge in [0.15, 0.2) is 13.2 Å². The molecule has 5 nitrogen and oxygen atoms in total. The number of hydrogen-bond acceptors (Lipinski definition) is 5. The lowest BCUT2D eigenvalue weighted by Gasteiger charge is -2.00. The summed E-state index contributed by atoms with van der Waals surface area (Å²) in [6.07, 6.45) is 4.65. The number of carbonyl (C=O) groups is 2. The van der Waals surface area contributed by atoms with Crippen LogP contribution < -0.4 is 0 Å². The molecule has 0 unspecified atom stereocenters. The van der Waals surface area contributed by atoms with Gasteiger partial charge < -0.3 is 9.47 Å². The van der Waals surface area contributed by atoms with Crippen molar-refractivity contribution in [3.63, 3.8) is 0 Å². The van der Waals surface area contributed by atoms with Crippen LogP contribution in [0.5, 0.6) is 0 Å². The molecule has 0 spiro atoms. The van der Waals surface area contributed by atoms with E-state index in [9.17, 15) is 9.59 Å². The monoisotopic (exact) mass is 195 g/mol. The van der Waals surface area contributed by atoms with Crippen LogP contribution in [0.2, 0.25) is 0 Å². The Morgan fingerprint density at radius 3 is 2.07 bits per heavy atom. The Labute approximate surface area is 81.6 Å². The predicted octanol–water partition coefficient (Wildman–Crippen LogP) is 0.00978. The average Bonchev–Trinajstić information content (AvgIpc) is 2.20. The summed E-state index contributed by atoms with van der Waals surface area (Å²) in [6, 6.07) is 1.63. The van der Waals surface area contributed by atoms with Gasteiger partial charge in [0, 0.05) is 0 Å². The van der Waals surface area contributed by atoms with Gasteiger partial charge in [-0.3, -0.25) is 9.59 Å². The number of ether oxygens (including phenoxy) is 2. The Balaban J connectivity index is 3.53. The summed E-state index contributed by atoms with van der Waals surface area (Å²) in [5, 5.41) is 8.07. The van der Waals surface area contributed by atoms with Crippen LogP contribution in [0.3, 0.4) is 0 Å². The molecule has 0 saturated heterocycles. The van der Waals surface area contributed by atoms with E-state index in [4.69, 9.17) is 11.7 Å². The van der Waals surface area contributed by atoms with Gasteiger partial charge >= 0.3 is 11.9 Å². The summed E-state index contributed by atoms with van der Waals surface area (Å²) in [5.74, 6) is 0.953. The van der Waals surface area contributed by atoms with Crippen molar-refractivity contribution in [3.8, 4) is 18.4 Å². The van der Waals surface area contributed by atoms with Gasteiger partial charge in [0.2, 0.25) is 0 Å². The Morgan fingerprint density at radius 1 is 1.14 bits per heavy atom. The number of hydrogen-bond donors (Lipinski definition) is 0. The summed E-state index contributed by atoms with van der Waals surface area (Å²) in [5.41, 5.74) is 0. The third-order valence-electron chi connectivity index (χ3n) is 1.15. The number of rotatable bonds is 5. The van der Waals surface area contributed by atoms with Crippen molar-refractivity contribution in [1.29, 1.82) is 5.26 Å². The van der Waals surface area contributed by atoms with E-state index < -0.39 is 11.9 Å². The second-order valence-electron chi connectivity index (χ2n) is 2.18. The first-order valence-electron chi connectivity index (χ1n) is 3.82. The standard InChI is InChI=1S/C9H9NO4/c1-2-6-13-8(11)3-4-9(12)14-7-5-10/h1H,3-4,6-7H2. The summed E-state index contributed by atoms with van der Waals surface area (Å²) in [4.78, 5) is 21.5. The van der Waals surface area contributed by atoms with Crippen LogP contribution >= 0.6 is 0 Å². The van der Waals surface area contributed by atoms with Crippen molar-refractivity contribution in [2.24, 2.45) is 0 Å². The molecule has 0 N–H and O–H groups in total. The Morgan fingerprint density at radius 2 is 1.64 bits per heavy atom. The van der Waals surface area contributed by atoms with Crippen molar-refractivity contribution in [3.05, 3.63) is 0 Å². The summed E-state index contributed by atoms with van der Waals surface area (Å²) < 4.78 is 8.90. The average molecular weight is 195 g/mol. The van der Waals surface area contributed by atoms with Crippen LogP contribution in [-0.2, 0) is 19.1 Å². The Bertz CT molecular complexity index is 254. The zero-order valence-corrected chi connectivity index (χ0v) is 7.49. The molecule has 0 aliphatic heterocycles. The van der Waals surface area contributed by atoms with Crippen molar-refractivity contribution in [1.82, 2.24) is 0 Å². The molecule has 0 rings (SSSR count). The van der Waals surface area contributed by atoms with E-state index in [0.29, 0.717) is 0 Å². The minimum absolute atomic E-state index is 0.0913. The van der Waals surface area contributed by atoms with E-state index >= 15 is 0 Å². The molecule has 74 valence electrons. The largest absolute Gasteiger partial charge is 0.452 e. The fraction of sp³-hybridized carbons (Fsp3) is 0.444. The van der Waals surface area contributed by atoms with E-state index in [1.165, 1.54) is 0 Å². The highest BCUT2D eigenvalue weighted by Gasteiger charge is 2.07. The Hall–Kier alpha value is -2.01. The maximum atomic E-state index is 10.8. The topological polar surface area (TPSA) is 76.4 Å². The van der Waals surface area contributed by atoms with Gasteiger partial charge in [0.05, 0.1) is 12.8 Å². The van der Waals surface area contributed by atoms with Gasteiger partial charge in [-0.05, 0) is 0 Å². The van der Waals surface area contributed by atoms with Crippen molar-refractivity contribution < 1.29 is 19.1 Å². The molecule has 0 aromatic heterocycles. The first-order valence-corrected chi connectivity index (χ1v) is 3.82. The molecule has 5 heteroatoms. The summed E-state index contributed by atoms with van der Waals surface area (Å²) in [6.45, 7) is -0.412. The van der Waals surface area contributed by atoms with Gasteiger partial charge in [-0.15, -0.1) is 6.42 Å². The first-order chi connectivity index (χ1) is 6.70. The SMILES string of the molecule is C#CCOC(=O)CCC(=O)OCC#N. The second kappa shape index (κ2) is 7.63. The molecule has 0 aromatic rings. The number of esters is 2. The molecule has 0 aliphatic carbocycles. The lowest BCUT2D eigenvalue weighted by atomic mass is 10.3. The van der Waals surface area contributed by atoms with E-state index in [0.717, 1.165) is 0 Å². The minimum Gasteiger partial charge on any atom is -0.452 e. The molecular formula is C9H9NO4. The highest BCUT2D eigenvalue weighted by Crippen LogP contribution is 1.95. The maximum Gasteiger partial charge on any atom is 0.307 e. The highest BCUT2D eigenvalue weighted by molar-refractivity contribution is 5.77. The van der Waals surface area contributed by atoms with Gasteiger partial charge in [0.25, 0.3) is 0 Å². The van der Waals surface area contributed by atoms with E-state index in [-0.39, 0.29) is 26.1 Å². The molecule has 0 aliphatic rings. The smallest absolute Gasteiger partial charge is 0.307 e. The third-order valence-corrected chi connectivity index (χ3v) is 1.15. The number of terminal acetylenes is 1. The van der Waals surface area contributed by atoms with E-state index in [1.807, 2.05) is 0 Å². The molecule has 0 heterocycles. The fourth-order valence-electron chi connectivity index (χ4n) is 0.583. The lowest BCUT2D eigenvalue weighted by molar-refractivity contribution is -0.148. The fourth-order valence-corrected chi connectivity index (χ4v) is 0.583. The van der Waals surface area contributed by atoms with Crippen LogP contribution in [0.1, 0.15) is 12.8 Å². The first kappa shape index (κ1) is 12.0. The molecule has 0 radical (unpaired) electrons. The second-order valence-corrected chi connectivity index (χ2v) is 2.18. The quantitative estimate of drug-likeness (QED) is 0.456. The van der Waals surface area contributed by atoms with Gasteiger partial charge in [0.1, 0.15) is 6.07 Å². The van der Waals surface area contributed by atoms with Crippen LogP contribution in [0.25, 0.3) is 0 Å². The Kier molecular flexibility index (Phi) is 6.53. The van der Waals surface area contributed by atoms with Crippen LogP contribution in [0.15, 0.2) is 0 Å². The van der Waals surface area contributed by atoms with Crippen LogP contribution in [0, 0.1) is 23.7 Å². The van der Waals surface area contributed by atoms with Gasteiger partial charge in [-0.25, -0.2) is 0 Å². The molecular weight excluding hydrogens is 186 g/mol. The molecule has 0 saturated carbocycles. The van der Waals surface area contributed by atoms with Crippen molar-refractivity contribution in [2.45, 2.75) is 12.8 Å². The van der Waals surface area contributed by atoms with Crippen molar-refractivity contribution >= 4 is 11.9 Å². The zero-order valence-electron chi connectivity index (χ0n) is 7.49. The predicted molar refractivity (Wildman–Crippen MR) is 45.6 cm³/mol. The number of nitrogens with zero attached hydrogens (tertiary/aromatic N) is 1. The van der Waals surface area contributed by atoms with Gasteiger partial charge in [-0.1, -0.05) is 5.92 Å².